The van der Waals surface area contributed by atoms with Crippen molar-refractivity contribution in [1.29, 1.82) is 0 Å². The monoisotopic (exact) mass is 298 g/mol. The number of H-pyrrole nitrogens is 1. The Hall–Kier alpha value is -1.62. The van der Waals surface area contributed by atoms with Crippen molar-refractivity contribution in [2.24, 2.45) is 5.92 Å². The number of rotatable bonds is 2. The first-order chi connectivity index (χ1) is 9.52. The molecule has 20 heavy (non-hydrogen) atoms. The second kappa shape index (κ2) is 4.74. The first-order valence-electron chi connectivity index (χ1n) is 6.10. The Kier molecular flexibility index (Phi) is 3.17. The van der Waals surface area contributed by atoms with Gasteiger partial charge in [-0.1, -0.05) is 17.4 Å². The SMILES string of the molecule is Nc1nc2c(nnn2[C@H]2C[C@@H](CO)[C@H](O)[C@@H]2O)c(=S)[nH]1. The molecule has 1 aliphatic rings. The van der Waals surface area contributed by atoms with Crippen LogP contribution >= 0.6 is 12.2 Å². The van der Waals surface area contributed by atoms with Crippen LogP contribution in [0.3, 0.4) is 0 Å². The summed E-state index contributed by atoms with van der Waals surface area (Å²) in [6, 6.07) is -0.532. The molecule has 1 aliphatic carbocycles. The fourth-order valence-corrected chi connectivity index (χ4v) is 2.84. The number of anilines is 1. The Morgan fingerprint density at radius 3 is 2.80 bits per heavy atom. The predicted octanol–water partition coefficient (Wildman–Crippen LogP) is -1.26. The van der Waals surface area contributed by atoms with E-state index in [1.165, 1.54) is 4.68 Å². The highest BCUT2D eigenvalue weighted by atomic mass is 32.1. The van der Waals surface area contributed by atoms with E-state index in [4.69, 9.17) is 18.0 Å². The highest BCUT2D eigenvalue weighted by Gasteiger charge is 2.43. The van der Waals surface area contributed by atoms with E-state index >= 15 is 0 Å². The number of hydrogen-bond donors (Lipinski definition) is 5. The molecular weight excluding hydrogens is 284 g/mol. The summed E-state index contributed by atoms with van der Waals surface area (Å²) in [5.74, 6) is -0.289. The molecule has 0 spiro atoms. The average Bonchev–Trinajstić information content (AvgIpc) is 2.93. The maximum Gasteiger partial charge on any atom is 0.200 e. The molecule has 0 aliphatic heterocycles. The van der Waals surface area contributed by atoms with E-state index in [0.717, 1.165) is 0 Å². The van der Waals surface area contributed by atoms with Crippen LogP contribution in [0, 0.1) is 10.6 Å². The third-order valence-electron chi connectivity index (χ3n) is 3.67. The summed E-state index contributed by atoms with van der Waals surface area (Å²) < 4.78 is 1.71. The molecule has 4 atom stereocenters. The molecule has 2 heterocycles. The summed E-state index contributed by atoms with van der Waals surface area (Å²) in [5, 5.41) is 37.0. The summed E-state index contributed by atoms with van der Waals surface area (Å²) in [5.41, 5.74) is 6.34. The van der Waals surface area contributed by atoms with Crippen LogP contribution in [0.15, 0.2) is 0 Å². The van der Waals surface area contributed by atoms with Gasteiger partial charge >= 0.3 is 0 Å². The quantitative estimate of drug-likeness (QED) is 0.432. The van der Waals surface area contributed by atoms with Crippen molar-refractivity contribution >= 4 is 29.3 Å². The molecule has 2 aromatic heterocycles. The lowest BCUT2D eigenvalue weighted by atomic mass is 10.1. The molecule has 108 valence electrons. The molecule has 3 rings (SSSR count). The minimum atomic E-state index is -1.06. The van der Waals surface area contributed by atoms with Crippen molar-refractivity contribution in [1.82, 2.24) is 25.0 Å². The fraction of sp³-hybridized carbons (Fsp3) is 0.600. The maximum atomic E-state index is 10.1. The zero-order chi connectivity index (χ0) is 14.4. The van der Waals surface area contributed by atoms with Crippen LogP contribution in [-0.4, -0.2) is 59.1 Å². The van der Waals surface area contributed by atoms with Crippen LogP contribution < -0.4 is 5.73 Å². The average molecular weight is 298 g/mol. The van der Waals surface area contributed by atoms with Crippen LogP contribution in [0.2, 0.25) is 0 Å². The summed E-state index contributed by atoms with van der Waals surface area (Å²) in [7, 11) is 0. The molecule has 0 bridgehead atoms. The molecule has 0 unspecified atom stereocenters. The van der Waals surface area contributed by atoms with Gasteiger partial charge in [0.05, 0.1) is 12.1 Å². The van der Waals surface area contributed by atoms with Gasteiger partial charge in [0.25, 0.3) is 0 Å². The van der Waals surface area contributed by atoms with E-state index in [1.807, 2.05) is 0 Å². The van der Waals surface area contributed by atoms with Crippen LogP contribution in [0.1, 0.15) is 12.5 Å². The van der Waals surface area contributed by atoms with Crippen LogP contribution in [0.4, 0.5) is 5.95 Å². The minimum Gasteiger partial charge on any atom is -0.396 e. The number of nitrogen functional groups attached to an aromatic ring is 1. The van der Waals surface area contributed by atoms with Gasteiger partial charge in [-0.05, 0) is 6.42 Å². The van der Waals surface area contributed by atoms with Crippen molar-refractivity contribution in [3.63, 3.8) is 0 Å². The molecule has 10 heteroatoms. The molecular formula is C10H14N6O3S. The van der Waals surface area contributed by atoms with Crippen molar-refractivity contribution in [2.75, 3.05) is 12.3 Å². The summed E-state index contributed by atoms with van der Waals surface area (Å²) in [6.07, 6.45) is -1.71. The number of nitrogens with one attached hydrogen (secondary N) is 1. The van der Waals surface area contributed by atoms with E-state index in [9.17, 15) is 15.3 Å². The number of aliphatic hydroxyl groups is 3. The summed E-state index contributed by atoms with van der Waals surface area (Å²) in [4.78, 5) is 6.76. The Labute approximate surface area is 118 Å². The zero-order valence-electron chi connectivity index (χ0n) is 10.3. The summed E-state index contributed by atoms with van der Waals surface area (Å²) >= 11 is 5.08. The Morgan fingerprint density at radius 1 is 1.40 bits per heavy atom. The van der Waals surface area contributed by atoms with Crippen molar-refractivity contribution < 1.29 is 15.3 Å². The topological polar surface area (TPSA) is 146 Å². The molecule has 0 saturated heterocycles. The number of hydrogen-bond acceptors (Lipinski definition) is 8. The molecule has 0 amide bonds. The fourth-order valence-electron chi connectivity index (χ4n) is 2.60. The Balaban J connectivity index is 2.09. The third kappa shape index (κ3) is 1.88. The van der Waals surface area contributed by atoms with Gasteiger partial charge in [0.1, 0.15) is 10.7 Å². The molecule has 1 saturated carbocycles. The number of fused-ring (bicyclic) bond motifs is 1. The van der Waals surface area contributed by atoms with E-state index < -0.39 is 24.2 Å². The van der Waals surface area contributed by atoms with Gasteiger partial charge in [-0.15, -0.1) is 5.10 Å². The maximum absolute atomic E-state index is 10.1. The highest BCUT2D eigenvalue weighted by Crippen LogP contribution is 2.35. The molecule has 1 fully saturated rings. The molecule has 6 N–H and O–H groups in total. The van der Waals surface area contributed by atoms with Crippen LogP contribution in [0.5, 0.6) is 0 Å². The van der Waals surface area contributed by atoms with Gasteiger partial charge in [0, 0.05) is 12.5 Å². The summed E-state index contributed by atoms with van der Waals surface area (Å²) in [6.45, 7) is -0.211. The van der Waals surface area contributed by atoms with Gasteiger partial charge in [-0.3, -0.25) is 0 Å². The Morgan fingerprint density at radius 2 is 2.15 bits per heavy atom. The van der Waals surface area contributed by atoms with Gasteiger partial charge in [-0.2, -0.15) is 4.98 Å². The number of nitrogens with zero attached hydrogens (tertiary/aromatic N) is 4. The van der Waals surface area contributed by atoms with E-state index in [2.05, 4.69) is 20.3 Å². The van der Waals surface area contributed by atoms with Gasteiger partial charge in [-0.25, -0.2) is 4.68 Å². The molecule has 0 radical (unpaired) electrons. The van der Waals surface area contributed by atoms with Crippen LogP contribution in [-0.2, 0) is 0 Å². The Bertz CT molecular complexity index is 700. The van der Waals surface area contributed by atoms with E-state index in [-0.39, 0.29) is 12.6 Å². The number of aromatic amines is 1. The van der Waals surface area contributed by atoms with E-state index in [1.54, 1.807) is 0 Å². The second-order valence-electron chi connectivity index (χ2n) is 4.88. The number of nitrogens with two attached hydrogens (primary N) is 1. The van der Waals surface area contributed by atoms with Crippen LogP contribution in [0.25, 0.3) is 11.2 Å². The zero-order valence-corrected chi connectivity index (χ0v) is 11.2. The van der Waals surface area contributed by atoms with Gasteiger partial charge in [0.2, 0.25) is 5.95 Å². The minimum absolute atomic E-state index is 0.123. The molecule has 9 nitrogen and oxygen atoms in total. The lowest BCUT2D eigenvalue weighted by molar-refractivity contribution is -0.00511. The molecule has 2 aromatic rings. The van der Waals surface area contributed by atoms with E-state index in [0.29, 0.717) is 22.2 Å². The third-order valence-corrected chi connectivity index (χ3v) is 3.97. The highest BCUT2D eigenvalue weighted by molar-refractivity contribution is 7.71. The van der Waals surface area contributed by atoms with Gasteiger partial charge in [0.15, 0.2) is 11.2 Å². The van der Waals surface area contributed by atoms with Crippen molar-refractivity contribution in [2.45, 2.75) is 24.7 Å². The lowest BCUT2D eigenvalue weighted by Crippen LogP contribution is -2.30. The van der Waals surface area contributed by atoms with Crippen molar-refractivity contribution in [3.8, 4) is 0 Å². The molecule has 0 aromatic carbocycles. The predicted molar refractivity (Wildman–Crippen MR) is 71.2 cm³/mol. The largest absolute Gasteiger partial charge is 0.396 e. The normalized spacial score (nSPS) is 30.1. The number of aromatic nitrogens is 5. The second-order valence-corrected chi connectivity index (χ2v) is 5.29. The van der Waals surface area contributed by atoms with Crippen molar-refractivity contribution in [3.05, 3.63) is 4.64 Å². The standard InChI is InChI=1S/C10H14N6O3S/c11-10-12-8-5(9(20)13-10)14-15-16(8)4-1-3(2-17)6(18)7(4)19/h3-4,6-7,17-19H,1-2H2,(H3,11,12,13,20)/t3-,4-,6-,7+/m0/s1. The lowest BCUT2D eigenvalue weighted by Gasteiger charge is -2.16. The van der Waals surface area contributed by atoms with Gasteiger partial charge < -0.3 is 26.0 Å². The first-order valence-corrected chi connectivity index (χ1v) is 6.51. The number of aliphatic hydroxyl groups excluding tert-OH is 3. The smallest absolute Gasteiger partial charge is 0.200 e. The first kappa shape index (κ1) is 13.4.